The van der Waals surface area contributed by atoms with E-state index in [0.29, 0.717) is 29.6 Å². The van der Waals surface area contributed by atoms with Crippen molar-refractivity contribution in [2.45, 2.75) is 58.4 Å². The minimum atomic E-state index is 0.110. The third kappa shape index (κ3) is 1.60. The molecule has 5 rings (SSSR count). The van der Waals surface area contributed by atoms with E-state index < -0.39 is 0 Å². The molecule has 1 fully saturated rings. The summed E-state index contributed by atoms with van der Waals surface area (Å²) in [6.07, 6.45) is 15.7. The van der Waals surface area contributed by atoms with Crippen molar-refractivity contribution < 1.29 is 4.79 Å². The predicted octanol–water partition coefficient (Wildman–Crippen LogP) is 4.43. The van der Waals surface area contributed by atoms with Crippen LogP contribution in [0.3, 0.4) is 0 Å². The highest BCUT2D eigenvalue weighted by Crippen LogP contribution is 2.64. The van der Waals surface area contributed by atoms with Gasteiger partial charge in [0, 0.05) is 23.5 Å². The fourth-order valence-electron chi connectivity index (χ4n) is 6.41. The Morgan fingerprint density at radius 1 is 1.17 bits per heavy atom. The van der Waals surface area contributed by atoms with Crippen molar-refractivity contribution in [3.63, 3.8) is 0 Å². The lowest BCUT2D eigenvalue weighted by Gasteiger charge is -2.48. The summed E-state index contributed by atoms with van der Waals surface area (Å²) in [4.78, 5) is 16.7. The van der Waals surface area contributed by atoms with Crippen LogP contribution in [0, 0.1) is 22.7 Å². The van der Waals surface area contributed by atoms with Crippen LogP contribution in [0.2, 0.25) is 0 Å². The number of ketones is 1. The van der Waals surface area contributed by atoms with Crippen LogP contribution in [0.4, 0.5) is 0 Å². The average Bonchev–Trinajstić information content (AvgIpc) is 3.06. The van der Waals surface area contributed by atoms with Gasteiger partial charge in [-0.2, -0.15) is 0 Å². The van der Waals surface area contributed by atoms with Crippen LogP contribution in [0.25, 0.3) is 0 Å². The fourth-order valence-corrected chi connectivity index (χ4v) is 6.41. The molecule has 0 aromatic heterocycles. The minimum Gasteiger partial charge on any atom is -0.295 e. The van der Waals surface area contributed by atoms with Crippen molar-refractivity contribution in [2.75, 3.05) is 0 Å². The maximum Gasteiger partial charge on any atom is 0.156 e. The standard InChI is InChI=1S/C21H25NO/c1-13-17-5-6-19-16-4-3-14-11-15(23)7-9-20(14,2)18(16)8-10-21(17,19)12-22-13/h3-4,11-13,17,19H,5-10H2,1-2H3. The second-order valence-electron chi connectivity index (χ2n) is 8.53. The Labute approximate surface area is 138 Å². The molecule has 1 heterocycles. The predicted molar refractivity (Wildman–Crippen MR) is 92.4 cm³/mol. The zero-order valence-electron chi connectivity index (χ0n) is 14.1. The first-order chi connectivity index (χ1) is 11.0. The fraction of sp³-hybridized carbons (Fsp3) is 0.619. The van der Waals surface area contributed by atoms with Gasteiger partial charge in [0.1, 0.15) is 0 Å². The highest BCUT2D eigenvalue weighted by Gasteiger charge is 2.57. The Morgan fingerprint density at radius 3 is 2.91 bits per heavy atom. The van der Waals surface area contributed by atoms with Crippen molar-refractivity contribution >= 4 is 12.0 Å². The molecule has 1 spiro atoms. The second kappa shape index (κ2) is 4.34. The number of allylic oxidation sites excluding steroid dienone is 6. The van der Waals surface area contributed by atoms with Gasteiger partial charge < -0.3 is 0 Å². The Hall–Kier alpha value is -1.44. The molecule has 23 heavy (non-hydrogen) atoms. The molecule has 4 aliphatic carbocycles. The molecule has 5 unspecified atom stereocenters. The van der Waals surface area contributed by atoms with Gasteiger partial charge in [0.2, 0.25) is 0 Å². The Bertz CT molecular complexity index is 724. The maximum atomic E-state index is 11.8. The topological polar surface area (TPSA) is 29.4 Å². The van der Waals surface area contributed by atoms with E-state index in [1.165, 1.54) is 31.3 Å². The van der Waals surface area contributed by atoms with E-state index in [-0.39, 0.29) is 5.41 Å². The summed E-state index contributed by atoms with van der Waals surface area (Å²) in [5.74, 6) is 1.72. The molecule has 2 nitrogen and oxygen atoms in total. The van der Waals surface area contributed by atoms with Gasteiger partial charge in [-0.1, -0.05) is 24.6 Å². The molecule has 120 valence electrons. The molecular formula is C21H25NO. The highest BCUT2D eigenvalue weighted by atomic mass is 16.1. The van der Waals surface area contributed by atoms with Crippen LogP contribution < -0.4 is 0 Å². The van der Waals surface area contributed by atoms with Gasteiger partial charge >= 0.3 is 0 Å². The number of rotatable bonds is 0. The molecule has 0 amide bonds. The number of nitrogens with zero attached hydrogens (tertiary/aromatic N) is 1. The van der Waals surface area contributed by atoms with E-state index in [1.807, 2.05) is 6.08 Å². The Balaban J connectivity index is 1.63. The summed E-state index contributed by atoms with van der Waals surface area (Å²) in [6.45, 7) is 4.67. The van der Waals surface area contributed by atoms with Gasteiger partial charge in [0.05, 0.1) is 6.04 Å². The van der Waals surface area contributed by atoms with Crippen molar-refractivity contribution in [1.82, 2.24) is 0 Å². The van der Waals surface area contributed by atoms with E-state index in [2.05, 4.69) is 32.2 Å². The first-order valence-corrected chi connectivity index (χ1v) is 9.25. The molecule has 5 aliphatic rings. The number of hydrogen-bond donors (Lipinski definition) is 0. The van der Waals surface area contributed by atoms with Crippen LogP contribution in [-0.4, -0.2) is 18.0 Å². The first kappa shape index (κ1) is 13.9. The molecule has 0 bridgehead atoms. The molecule has 0 radical (unpaired) electrons. The molecule has 5 atom stereocenters. The highest BCUT2D eigenvalue weighted by molar-refractivity contribution is 5.92. The van der Waals surface area contributed by atoms with Crippen LogP contribution >= 0.6 is 0 Å². The lowest BCUT2D eigenvalue weighted by Crippen LogP contribution is -2.41. The van der Waals surface area contributed by atoms with Crippen molar-refractivity contribution in [2.24, 2.45) is 27.7 Å². The number of carbonyl (C=O) groups excluding carboxylic acids is 1. The van der Waals surface area contributed by atoms with Crippen LogP contribution in [-0.2, 0) is 4.79 Å². The monoisotopic (exact) mass is 307 g/mol. The molecule has 1 aliphatic heterocycles. The average molecular weight is 307 g/mol. The molecule has 1 saturated carbocycles. The second-order valence-corrected chi connectivity index (χ2v) is 8.53. The molecule has 0 aromatic carbocycles. The van der Waals surface area contributed by atoms with E-state index in [4.69, 9.17) is 4.99 Å². The molecule has 2 heteroatoms. The summed E-state index contributed by atoms with van der Waals surface area (Å²) in [5.41, 5.74) is 4.95. The summed E-state index contributed by atoms with van der Waals surface area (Å²) in [7, 11) is 0. The Morgan fingerprint density at radius 2 is 2.04 bits per heavy atom. The van der Waals surface area contributed by atoms with E-state index in [9.17, 15) is 4.79 Å². The Kier molecular flexibility index (Phi) is 2.63. The minimum absolute atomic E-state index is 0.110. The van der Waals surface area contributed by atoms with Crippen molar-refractivity contribution in [3.05, 3.63) is 34.9 Å². The molecular weight excluding hydrogens is 282 g/mol. The molecule has 0 aromatic rings. The summed E-state index contributed by atoms with van der Waals surface area (Å²) >= 11 is 0. The van der Waals surface area contributed by atoms with E-state index >= 15 is 0 Å². The third-order valence-electron chi connectivity index (χ3n) is 7.70. The SMILES string of the molecule is CC1N=CC23CCC4=C(C=CC5=CC(=O)CCC54C)C2CCC13. The van der Waals surface area contributed by atoms with Gasteiger partial charge in [0.15, 0.2) is 5.78 Å². The van der Waals surface area contributed by atoms with E-state index in [1.54, 1.807) is 11.1 Å². The van der Waals surface area contributed by atoms with Crippen LogP contribution in [0.1, 0.15) is 52.4 Å². The number of hydrogen-bond acceptors (Lipinski definition) is 2. The van der Waals surface area contributed by atoms with Gasteiger partial charge in [-0.15, -0.1) is 0 Å². The van der Waals surface area contributed by atoms with Gasteiger partial charge in [0.25, 0.3) is 0 Å². The zero-order valence-corrected chi connectivity index (χ0v) is 14.1. The third-order valence-corrected chi connectivity index (χ3v) is 7.70. The smallest absolute Gasteiger partial charge is 0.156 e. The zero-order chi connectivity index (χ0) is 15.8. The summed E-state index contributed by atoms with van der Waals surface area (Å²) in [6, 6.07) is 0.507. The lowest BCUT2D eigenvalue weighted by atomic mass is 9.55. The van der Waals surface area contributed by atoms with Gasteiger partial charge in [-0.25, -0.2) is 0 Å². The first-order valence-electron chi connectivity index (χ1n) is 9.25. The quantitative estimate of drug-likeness (QED) is 0.651. The van der Waals surface area contributed by atoms with Crippen molar-refractivity contribution in [3.8, 4) is 0 Å². The van der Waals surface area contributed by atoms with Gasteiger partial charge in [-0.05, 0) is 68.1 Å². The number of carbonyl (C=O) groups is 1. The van der Waals surface area contributed by atoms with Crippen LogP contribution in [0.5, 0.6) is 0 Å². The number of aliphatic imine (C=N–C) groups is 1. The summed E-state index contributed by atoms with van der Waals surface area (Å²) < 4.78 is 0. The maximum absolute atomic E-state index is 11.8. The van der Waals surface area contributed by atoms with E-state index in [0.717, 1.165) is 12.3 Å². The largest absolute Gasteiger partial charge is 0.295 e. The molecule has 0 saturated heterocycles. The van der Waals surface area contributed by atoms with Gasteiger partial charge in [-0.3, -0.25) is 9.79 Å². The molecule has 0 N–H and O–H groups in total. The number of fused-ring (bicyclic) bond motifs is 3. The normalized spacial score (nSPS) is 47.1. The summed E-state index contributed by atoms with van der Waals surface area (Å²) in [5, 5.41) is 0. The van der Waals surface area contributed by atoms with Crippen LogP contribution in [0.15, 0.2) is 39.9 Å². The lowest BCUT2D eigenvalue weighted by molar-refractivity contribution is -0.115. The van der Waals surface area contributed by atoms with Crippen molar-refractivity contribution in [1.29, 1.82) is 0 Å².